The summed E-state index contributed by atoms with van der Waals surface area (Å²) in [6.07, 6.45) is 10.6. The van der Waals surface area contributed by atoms with Gasteiger partial charge >= 0.3 is 0 Å². The molecule has 0 radical (unpaired) electrons. The molecule has 0 atom stereocenters. The SMILES string of the molecule is C.C.C/C=C/C.C/C=C\C.CC#CC.CCCC. The van der Waals surface area contributed by atoms with E-state index in [4.69, 9.17) is 0 Å². The molecule has 0 aliphatic carbocycles. The molecular formula is C18H40. The quantitative estimate of drug-likeness (QED) is 0.342. The molecule has 18 heavy (non-hydrogen) atoms. The van der Waals surface area contributed by atoms with Gasteiger partial charge in [0, 0.05) is 0 Å². The Morgan fingerprint density at radius 2 is 0.778 bits per heavy atom. The normalized spacial score (nSPS) is 6.67. The van der Waals surface area contributed by atoms with Crippen LogP contribution in [-0.2, 0) is 0 Å². The Kier molecular flexibility index (Phi) is 146. The molecule has 0 rings (SSSR count). The molecule has 0 saturated heterocycles. The summed E-state index contributed by atoms with van der Waals surface area (Å²) in [6, 6.07) is 0. The van der Waals surface area contributed by atoms with E-state index in [-0.39, 0.29) is 14.9 Å². The van der Waals surface area contributed by atoms with Crippen LogP contribution in [0.5, 0.6) is 0 Å². The zero-order valence-corrected chi connectivity index (χ0v) is 12.7. The molecule has 0 aromatic carbocycles. The molecule has 112 valence electrons. The lowest BCUT2D eigenvalue weighted by molar-refractivity contribution is 0.886. The average molecular weight is 257 g/mol. The maximum Gasteiger partial charge on any atom is -0.00271 e. The fraction of sp³-hybridized carbons (Fsp3) is 0.667. The number of rotatable bonds is 1. The smallest absolute Gasteiger partial charge is 0.00271 e. The molecule has 0 aliphatic rings. The van der Waals surface area contributed by atoms with Crippen molar-refractivity contribution in [2.45, 2.75) is 83.1 Å². The van der Waals surface area contributed by atoms with Crippen molar-refractivity contribution in [2.24, 2.45) is 0 Å². The van der Waals surface area contributed by atoms with Gasteiger partial charge < -0.3 is 0 Å². The molecule has 0 bridgehead atoms. The van der Waals surface area contributed by atoms with Gasteiger partial charge in [-0.25, -0.2) is 0 Å². The Balaban J connectivity index is -0.0000000257. The number of unbranched alkanes of at least 4 members (excludes halogenated alkanes) is 1. The van der Waals surface area contributed by atoms with Crippen LogP contribution in [0.1, 0.15) is 83.1 Å². The van der Waals surface area contributed by atoms with E-state index in [1.165, 1.54) is 12.8 Å². The molecule has 0 N–H and O–H groups in total. The van der Waals surface area contributed by atoms with Crippen LogP contribution >= 0.6 is 0 Å². The van der Waals surface area contributed by atoms with E-state index in [1.54, 1.807) is 0 Å². The third-order valence-corrected chi connectivity index (χ3v) is 1.42. The molecule has 0 fully saturated rings. The Hall–Kier alpha value is -0.960. The Morgan fingerprint density at radius 3 is 0.778 bits per heavy atom. The van der Waals surface area contributed by atoms with Gasteiger partial charge in [0.2, 0.25) is 0 Å². The fourth-order valence-corrected chi connectivity index (χ4v) is 0. The summed E-state index contributed by atoms with van der Waals surface area (Å²) in [5, 5.41) is 0. The van der Waals surface area contributed by atoms with Crippen molar-refractivity contribution in [3.8, 4) is 11.8 Å². The van der Waals surface area contributed by atoms with Crippen molar-refractivity contribution in [3.63, 3.8) is 0 Å². The monoisotopic (exact) mass is 256 g/mol. The van der Waals surface area contributed by atoms with Crippen LogP contribution in [0.15, 0.2) is 24.3 Å². The zero-order chi connectivity index (χ0) is 13.7. The average Bonchev–Trinajstić information content (AvgIpc) is 2.39. The van der Waals surface area contributed by atoms with Crippen LogP contribution in [0, 0.1) is 11.8 Å². The van der Waals surface area contributed by atoms with E-state index in [1.807, 2.05) is 65.8 Å². The van der Waals surface area contributed by atoms with Gasteiger partial charge in [0.1, 0.15) is 0 Å². The molecule has 0 heteroatoms. The van der Waals surface area contributed by atoms with Crippen molar-refractivity contribution < 1.29 is 0 Å². The minimum Gasteiger partial charge on any atom is -0.107 e. The highest BCUT2D eigenvalue weighted by Crippen LogP contribution is 1.76. The van der Waals surface area contributed by atoms with Gasteiger partial charge in [-0.2, -0.15) is 0 Å². The van der Waals surface area contributed by atoms with Crippen molar-refractivity contribution in [2.75, 3.05) is 0 Å². The first-order valence-corrected chi connectivity index (χ1v) is 6.14. The highest BCUT2D eigenvalue weighted by atomic mass is 13.6. The van der Waals surface area contributed by atoms with Gasteiger partial charge in [0.05, 0.1) is 0 Å². The van der Waals surface area contributed by atoms with Gasteiger partial charge in [-0.3, -0.25) is 0 Å². The second-order valence-electron chi connectivity index (χ2n) is 2.83. The Bertz CT molecular complexity index is 136. The third-order valence-electron chi connectivity index (χ3n) is 1.42. The summed E-state index contributed by atoms with van der Waals surface area (Å²) < 4.78 is 0. The molecule has 0 aromatic rings. The van der Waals surface area contributed by atoms with Gasteiger partial charge in [0.25, 0.3) is 0 Å². The maximum atomic E-state index is 2.68. The van der Waals surface area contributed by atoms with Crippen LogP contribution in [0.3, 0.4) is 0 Å². The predicted octanol–water partition coefficient (Wildman–Crippen LogP) is 7.27. The second kappa shape index (κ2) is 73.2. The van der Waals surface area contributed by atoms with Crippen LogP contribution in [0.4, 0.5) is 0 Å². The first-order valence-electron chi connectivity index (χ1n) is 6.14. The Labute approximate surface area is 120 Å². The second-order valence-corrected chi connectivity index (χ2v) is 2.83. The highest BCUT2D eigenvalue weighted by molar-refractivity contribution is 4.89. The highest BCUT2D eigenvalue weighted by Gasteiger charge is 1.56. The summed E-state index contributed by atoms with van der Waals surface area (Å²) in [5.74, 6) is 5.36. The number of hydrogen-bond donors (Lipinski definition) is 0. The van der Waals surface area contributed by atoms with E-state index in [0.29, 0.717) is 0 Å². The summed E-state index contributed by atoms with van der Waals surface area (Å²) in [5.41, 5.74) is 0. The molecular weight excluding hydrogens is 216 g/mol. The topological polar surface area (TPSA) is 0 Å². The lowest BCUT2D eigenvalue weighted by Crippen LogP contribution is -1.47. The minimum atomic E-state index is 0. The fourth-order valence-electron chi connectivity index (χ4n) is 0. The molecule has 0 heterocycles. The summed E-state index contributed by atoms with van der Waals surface area (Å²) in [6.45, 7) is 16.0. The molecule has 0 unspecified atom stereocenters. The van der Waals surface area contributed by atoms with E-state index in [2.05, 4.69) is 25.7 Å². The standard InChI is InChI=1S/C4H10.2C4H8.C4H6.2CH4/c4*1-3-4-2;;/h3-4H2,1-2H3;2*3-4H,1-2H3;1-2H3;2*1H4/b;4-3+;4-3-;;;. The molecule has 0 saturated carbocycles. The number of allylic oxidation sites excluding steroid dienone is 4. The zero-order valence-electron chi connectivity index (χ0n) is 12.7. The van der Waals surface area contributed by atoms with Crippen LogP contribution in [-0.4, -0.2) is 0 Å². The molecule has 0 amide bonds. The van der Waals surface area contributed by atoms with E-state index >= 15 is 0 Å². The summed E-state index contributed by atoms with van der Waals surface area (Å²) in [7, 11) is 0. The summed E-state index contributed by atoms with van der Waals surface area (Å²) in [4.78, 5) is 0. The first-order chi connectivity index (χ1) is 7.66. The van der Waals surface area contributed by atoms with E-state index in [9.17, 15) is 0 Å². The van der Waals surface area contributed by atoms with Gasteiger partial charge in [-0.05, 0) is 41.5 Å². The third kappa shape index (κ3) is 321. The first kappa shape index (κ1) is 36.0. The van der Waals surface area contributed by atoms with Crippen molar-refractivity contribution in [3.05, 3.63) is 24.3 Å². The van der Waals surface area contributed by atoms with E-state index in [0.717, 1.165) is 0 Å². The van der Waals surface area contributed by atoms with Gasteiger partial charge in [0.15, 0.2) is 0 Å². The van der Waals surface area contributed by atoms with Crippen molar-refractivity contribution in [1.29, 1.82) is 0 Å². The van der Waals surface area contributed by atoms with Crippen LogP contribution in [0.2, 0.25) is 0 Å². The lowest BCUT2D eigenvalue weighted by atomic mass is 10.4. The minimum absolute atomic E-state index is 0. The lowest BCUT2D eigenvalue weighted by Gasteiger charge is -1.68. The van der Waals surface area contributed by atoms with Crippen molar-refractivity contribution >= 4 is 0 Å². The van der Waals surface area contributed by atoms with Crippen LogP contribution in [0.25, 0.3) is 0 Å². The van der Waals surface area contributed by atoms with Crippen molar-refractivity contribution in [1.82, 2.24) is 0 Å². The van der Waals surface area contributed by atoms with E-state index < -0.39 is 0 Å². The molecule has 0 aliphatic heterocycles. The number of hydrogen-bond acceptors (Lipinski definition) is 0. The summed E-state index contributed by atoms with van der Waals surface area (Å²) >= 11 is 0. The van der Waals surface area contributed by atoms with Gasteiger partial charge in [-0.15, -0.1) is 11.8 Å². The Morgan fingerprint density at radius 1 is 0.611 bits per heavy atom. The van der Waals surface area contributed by atoms with Crippen LogP contribution < -0.4 is 0 Å². The predicted molar refractivity (Wildman–Crippen MR) is 94.1 cm³/mol. The molecule has 0 aromatic heterocycles. The van der Waals surface area contributed by atoms with Gasteiger partial charge in [-0.1, -0.05) is 65.8 Å². The molecule has 0 nitrogen and oxygen atoms in total. The largest absolute Gasteiger partial charge is 0.107 e. The maximum absolute atomic E-state index is 2.68. The molecule has 0 spiro atoms.